The van der Waals surface area contributed by atoms with Crippen LogP contribution in [0.1, 0.15) is 32.6 Å². The predicted molar refractivity (Wildman–Crippen MR) is 89.8 cm³/mol. The van der Waals surface area contributed by atoms with Gasteiger partial charge in [0, 0.05) is 51.2 Å². The standard InChI is InChI=1S/C17H30N2O7.2K/c1-2-3-4-14(20)13-19(10-7-17(25)26)12-11-18(8-5-15(21)22)9-6-16(23)24;;/h3-4,14,20H,2,5-13H2,1H3,(H,21,22)(H,23,24)(H,25,26);;/q;2*+1/p-2/b4-3+;;. The number of nitrogens with zero attached hydrogens (tertiary/aromatic N) is 2. The van der Waals surface area contributed by atoms with Crippen molar-refractivity contribution in [1.82, 2.24) is 9.80 Å². The Bertz CT molecular complexity index is 460. The SMILES string of the molecule is CC/C=C/C(O)CN(CCC(=O)O)CCN(CCC(=O)[O-])CCC(=O)[O-].[K+].[K+]. The molecule has 0 aliphatic carbocycles. The van der Waals surface area contributed by atoms with Crippen molar-refractivity contribution in [3.63, 3.8) is 0 Å². The Morgan fingerprint density at radius 1 is 0.893 bits per heavy atom. The minimum atomic E-state index is -1.23. The summed E-state index contributed by atoms with van der Waals surface area (Å²) >= 11 is 0. The molecule has 1 atom stereocenters. The number of rotatable bonds is 16. The Hall–Kier alpha value is 1.30. The van der Waals surface area contributed by atoms with Gasteiger partial charge in [-0.15, -0.1) is 0 Å². The molecule has 0 radical (unpaired) electrons. The number of carboxylic acids is 3. The number of carboxylic acid groups (broad SMARTS) is 3. The van der Waals surface area contributed by atoms with E-state index in [9.17, 15) is 29.7 Å². The van der Waals surface area contributed by atoms with Crippen LogP contribution in [0.4, 0.5) is 0 Å². The Morgan fingerprint density at radius 2 is 1.36 bits per heavy atom. The molecule has 0 amide bonds. The minimum Gasteiger partial charge on any atom is -0.550 e. The zero-order chi connectivity index (χ0) is 19.9. The molecule has 11 heteroatoms. The number of carbonyl (C=O) groups excluding carboxylic acids is 2. The van der Waals surface area contributed by atoms with E-state index in [4.69, 9.17) is 5.11 Å². The minimum absolute atomic E-state index is 0. The van der Waals surface area contributed by atoms with E-state index in [1.54, 1.807) is 15.9 Å². The van der Waals surface area contributed by atoms with E-state index in [0.29, 0.717) is 13.1 Å². The summed E-state index contributed by atoms with van der Waals surface area (Å²) < 4.78 is 0. The van der Waals surface area contributed by atoms with Crippen molar-refractivity contribution in [3.05, 3.63) is 12.2 Å². The van der Waals surface area contributed by atoms with Crippen LogP contribution in [0.3, 0.4) is 0 Å². The van der Waals surface area contributed by atoms with Gasteiger partial charge in [-0.3, -0.25) is 9.69 Å². The van der Waals surface area contributed by atoms with E-state index in [0.717, 1.165) is 6.42 Å². The molecule has 0 saturated heterocycles. The average molecular weight is 451 g/mol. The summed E-state index contributed by atoms with van der Waals surface area (Å²) in [6.45, 7) is 3.34. The number of hydrogen-bond acceptors (Lipinski definition) is 8. The van der Waals surface area contributed by atoms with Gasteiger partial charge in [0.25, 0.3) is 0 Å². The van der Waals surface area contributed by atoms with Gasteiger partial charge in [-0.05, 0) is 19.3 Å². The number of aliphatic hydroxyl groups is 1. The van der Waals surface area contributed by atoms with Crippen LogP contribution in [0, 0.1) is 0 Å². The van der Waals surface area contributed by atoms with Gasteiger partial charge in [-0.2, -0.15) is 0 Å². The number of hydrogen-bond donors (Lipinski definition) is 2. The van der Waals surface area contributed by atoms with Gasteiger partial charge >= 0.3 is 109 Å². The average Bonchev–Trinajstić information content (AvgIpc) is 2.56. The molecule has 0 heterocycles. The molecule has 0 aromatic carbocycles. The molecule has 0 aliphatic rings. The van der Waals surface area contributed by atoms with Crippen LogP contribution in [0.2, 0.25) is 0 Å². The van der Waals surface area contributed by atoms with Gasteiger partial charge in [0.15, 0.2) is 0 Å². The smallest absolute Gasteiger partial charge is 0.550 e. The molecule has 150 valence electrons. The van der Waals surface area contributed by atoms with Gasteiger partial charge in [-0.25, -0.2) is 0 Å². The third-order valence-electron chi connectivity index (χ3n) is 3.68. The van der Waals surface area contributed by atoms with Crippen molar-refractivity contribution in [2.75, 3.05) is 39.3 Å². The molecule has 0 aromatic heterocycles. The monoisotopic (exact) mass is 450 g/mol. The number of aliphatic hydroxyl groups excluding tert-OH is 1. The fraction of sp³-hybridized carbons (Fsp3) is 0.706. The molecular formula is C17H28K2N2O7. The van der Waals surface area contributed by atoms with Crippen molar-refractivity contribution < 1.29 is 138 Å². The molecule has 0 fully saturated rings. The molecule has 9 nitrogen and oxygen atoms in total. The molecular weight excluding hydrogens is 422 g/mol. The molecule has 0 spiro atoms. The summed E-state index contributed by atoms with van der Waals surface area (Å²) in [4.78, 5) is 35.4. The van der Waals surface area contributed by atoms with Gasteiger partial charge in [0.1, 0.15) is 0 Å². The fourth-order valence-corrected chi connectivity index (χ4v) is 2.28. The summed E-state index contributed by atoms with van der Waals surface area (Å²) in [6.07, 6.45) is 2.91. The number of carbonyl (C=O) groups is 3. The van der Waals surface area contributed by atoms with E-state index in [1.807, 2.05) is 13.0 Å². The molecule has 0 aliphatic heterocycles. The molecule has 0 rings (SSSR count). The van der Waals surface area contributed by atoms with E-state index < -0.39 is 24.0 Å². The second kappa shape index (κ2) is 21.5. The van der Waals surface area contributed by atoms with Crippen molar-refractivity contribution in [1.29, 1.82) is 0 Å². The zero-order valence-corrected chi connectivity index (χ0v) is 23.4. The topological polar surface area (TPSA) is 144 Å². The predicted octanol–water partition coefficient (Wildman–Crippen LogP) is -8.32. The zero-order valence-electron chi connectivity index (χ0n) is 17.1. The molecule has 1 unspecified atom stereocenters. The van der Waals surface area contributed by atoms with Crippen LogP contribution >= 0.6 is 0 Å². The van der Waals surface area contributed by atoms with Gasteiger partial charge in [0.05, 0.1) is 12.5 Å². The van der Waals surface area contributed by atoms with E-state index in [1.165, 1.54) is 0 Å². The third-order valence-corrected chi connectivity index (χ3v) is 3.68. The molecule has 0 bridgehead atoms. The third kappa shape index (κ3) is 22.0. The Kier molecular flexibility index (Phi) is 26.1. The van der Waals surface area contributed by atoms with Crippen LogP contribution in [0.15, 0.2) is 12.2 Å². The van der Waals surface area contributed by atoms with Gasteiger partial charge in [-0.1, -0.05) is 19.1 Å². The fourth-order valence-electron chi connectivity index (χ4n) is 2.28. The van der Waals surface area contributed by atoms with E-state index in [2.05, 4.69) is 0 Å². The summed E-state index contributed by atoms with van der Waals surface area (Å²) in [6, 6.07) is 0. The summed E-state index contributed by atoms with van der Waals surface area (Å²) in [7, 11) is 0. The second-order valence-electron chi connectivity index (χ2n) is 5.93. The van der Waals surface area contributed by atoms with Crippen LogP contribution in [0.25, 0.3) is 0 Å². The van der Waals surface area contributed by atoms with Crippen molar-refractivity contribution in [3.8, 4) is 0 Å². The first-order valence-corrected chi connectivity index (χ1v) is 8.65. The first-order chi connectivity index (χ1) is 12.2. The Balaban J connectivity index is -0.00000312. The van der Waals surface area contributed by atoms with Gasteiger partial charge in [0.2, 0.25) is 0 Å². The molecule has 2 N–H and O–H groups in total. The number of allylic oxidation sites excluding steroid dienone is 1. The van der Waals surface area contributed by atoms with Gasteiger partial charge < -0.3 is 34.9 Å². The largest absolute Gasteiger partial charge is 1.00 e. The van der Waals surface area contributed by atoms with Crippen molar-refractivity contribution >= 4 is 17.9 Å². The van der Waals surface area contributed by atoms with Crippen molar-refractivity contribution in [2.24, 2.45) is 0 Å². The maximum absolute atomic E-state index is 10.8. The maximum Gasteiger partial charge on any atom is 1.00 e. The maximum atomic E-state index is 10.8. The van der Waals surface area contributed by atoms with Crippen molar-refractivity contribution in [2.45, 2.75) is 38.7 Å². The Morgan fingerprint density at radius 3 is 1.79 bits per heavy atom. The van der Waals surface area contributed by atoms with Crippen LogP contribution in [-0.4, -0.2) is 83.3 Å². The summed E-state index contributed by atoms with van der Waals surface area (Å²) in [5.74, 6) is -3.42. The molecule has 0 saturated carbocycles. The summed E-state index contributed by atoms with van der Waals surface area (Å²) in [5.41, 5.74) is 0. The molecule has 0 aromatic rings. The Labute approximate surface area is 251 Å². The quantitative estimate of drug-likeness (QED) is 0.173. The normalized spacial score (nSPS) is 11.9. The number of aliphatic carboxylic acids is 3. The first kappa shape index (κ1) is 33.9. The van der Waals surface area contributed by atoms with E-state index >= 15 is 0 Å². The first-order valence-electron chi connectivity index (χ1n) is 8.65. The molecule has 28 heavy (non-hydrogen) atoms. The summed E-state index contributed by atoms with van der Waals surface area (Å²) in [5, 5.41) is 40.1. The second-order valence-corrected chi connectivity index (χ2v) is 5.93. The van der Waals surface area contributed by atoms with Crippen LogP contribution in [0.5, 0.6) is 0 Å². The van der Waals surface area contributed by atoms with Crippen LogP contribution < -0.4 is 113 Å². The van der Waals surface area contributed by atoms with Crippen LogP contribution in [-0.2, 0) is 14.4 Å². The van der Waals surface area contributed by atoms with E-state index in [-0.39, 0.29) is 148 Å².